The number of ether oxygens (including phenoxy) is 6. The van der Waals surface area contributed by atoms with Crippen LogP contribution in [0.1, 0.15) is 13.3 Å². The standard InChI is InChI=1S/C29H51NO24/c1-8(36)30-15-9(37)2-29(28(47)48,53-24(15)17(42)11(39)4-32)54-25-18(43)13(6-34)49-27(21(25)46)52-23-14(7-35)50-26(20(45)19(23)44)51-22(12(40)5-33)16(41)10(38)3-31/h9-27,31-35,37-46H,2-7H2,1H3,(H,30,36)(H,47,48)/t9-,10-,11+,12+,13+,14+,15+,16+,17+,18-,19+,20+,21+,22+,23-,24+,25-,26-,27-,29-/m0/s1. The highest BCUT2D eigenvalue weighted by Gasteiger charge is 2.60. The Labute approximate surface area is 305 Å². The van der Waals surface area contributed by atoms with E-state index in [4.69, 9.17) is 28.4 Å². The van der Waals surface area contributed by atoms with Crippen LogP contribution in [0.25, 0.3) is 0 Å². The fourth-order valence-electron chi connectivity index (χ4n) is 6.25. The molecule has 0 aromatic carbocycles. The summed E-state index contributed by atoms with van der Waals surface area (Å²) in [7, 11) is 0. The summed E-state index contributed by atoms with van der Waals surface area (Å²) in [5.41, 5.74) is 0. The fraction of sp³-hybridized carbons (Fsp3) is 0.931. The van der Waals surface area contributed by atoms with E-state index in [1.165, 1.54) is 0 Å². The molecule has 0 spiro atoms. The van der Waals surface area contributed by atoms with Crippen LogP contribution in [0.5, 0.6) is 0 Å². The van der Waals surface area contributed by atoms with Gasteiger partial charge in [-0.15, -0.1) is 0 Å². The number of carboxylic acids is 1. The molecule has 3 rings (SSSR count). The van der Waals surface area contributed by atoms with Gasteiger partial charge in [0.15, 0.2) is 12.6 Å². The molecule has 316 valence electrons. The molecule has 25 nitrogen and oxygen atoms in total. The Hall–Kier alpha value is -1.90. The molecule has 0 aromatic rings. The Balaban J connectivity index is 1.91. The number of hydrogen-bond donors (Lipinski definition) is 17. The molecule has 0 aliphatic carbocycles. The zero-order valence-electron chi connectivity index (χ0n) is 28.6. The van der Waals surface area contributed by atoms with E-state index < -0.39 is 173 Å². The minimum Gasteiger partial charge on any atom is -0.477 e. The lowest BCUT2D eigenvalue weighted by Crippen LogP contribution is -2.71. The lowest BCUT2D eigenvalue weighted by molar-refractivity contribution is -0.389. The van der Waals surface area contributed by atoms with E-state index in [-0.39, 0.29) is 0 Å². The van der Waals surface area contributed by atoms with Crippen molar-refractivity contribution in [3.8, 4) is 0 Å². The van der Waals surface area contributed by atoms with Crippen LogP contribution in [0.2, 0.25) is 0 Å². The number of amides is 1. The predicted molar refractivity (Wildman–Crippen MR) is 165 cm³/mol. The normalized spacial score (nSPS) is 40.9. The van der Waals surface area contributed by atoms with Gasteiger partial charge in [-0.3, -0.25) is 4.79 Å². The Morgan fingerprint density at radius 1 is 0.759 bits per heavy atom. The monoisotopic (exact) mass is 797 g/mol. The average Bonchev–Trinajstić information content (AvgIpc) is 3.14. The van der Waals surface area contributed by atoms with Gasteiger partial charge in [0.1, 0.15) is 91.6 Å². The van der Waals surface area contributed by atoms with E-state index in [0.29, 0.717) is 0 Å². The largest absolute Gasteiger partial charge is 0.477 e. The van der Waals surface area contributed by atoms with E-state index in [0.717, 1.165) is 6.92 Å². The molecule has 3 heterocycles. The van der Waals surface area contributed by atoms with E-state index in [1.54, 1.807) is 0 Å². The molecule has 17 N–H and O–H groups in total. The molecule has 1 amide bonds. The molecule has 0 aromatic heterocycles. The summed E-state index contributed by atoms with van der Waals surface area (Å²) in [6.07, 6.45) is -37.8. The number of nitrogens with one attached hydrogen (secondary N) is 1. The van der Waals surface area contributed by atoms with Gasteiger partial charge in [-0.25, -0.2) is 4.79 Å². The minimum atomic E-state index is -3.12. The van der Waals surface area contributed by atoms with Gasteiger partial charge in [0.05, 0.1) is 45.2 Å². The maximum Gasteiger partial charge on any atom is 0.364 e. The first-order valence-electron chi connectivity index (χ1n) is 16.7. The fourth-order valence-corrected chi connectivity index (χ4v) is 6.25. The van der Waals surface area contributed by atoms with E-state index in [2.05, 4.69) is 5.32 Å². The summed E-state index contributed by atoms with van der Waals surface area (Å²) in [6.45, 7) is -4.29. The van der Waals surface area contributed by atoms with Crippen molar-refractivity contribution in [3.05, 3.63) is 0 Å². The SMILES string of the molecule is CC(=O)N[C@H]1[C@H]([C@H](O)[C@H](O)CO)O[C@@](O[C@H]2[C@@H](O)[C@@H](CO)O[C@@H](O[C@@H]3[C@H](O)[C@@H](O)[C@H](O[C@@H]([C@H](O)[C@@H](O)CO)[C@H](O)CO)O[C@@H]3CO)[C@@H]2O)(C(=O)O)C[C@@H]1O. The van der Waals surface area contributed by atoms with Gasteiger partial charge < -0.3 is 115 Å². The second-order valence-electron chi connectivity index (χ2n) is 13.1. The minimum absolute atomic E-state index is 0.790. The van der Waals surface area contributed by atoms with Crippen LogP contribution in [-0.2, 0) is 38.0 Å². The van der Waals surface area contributed by atoms with Crippen LogP contribution in [0.4, 0.5) is 0 Å². The third-order valence-electron chi connectivity index (χ3n) is 9.22. The zero-order valence-corrected chi connectivity index (χ0v) is 28.6. The topological polar surface area (TPSA) is 425 Å². The van der Waals surface area contributed by atoms with Crippen molar-refractivity contribution in [1.29, 1.82) is 0 Å². The van der Waals surface area contributed by atoms with E-state index in [9.17, 15) is 91.3 Å². The molecule has 0 unspecified atom stereocenters. The Morgan fingerprint density at radius 2 is 1.33 bits per heavy atom. The summed E-state index contributed by atoms with van der Waals surface area (Å²) in [5, 5.41) is 167. The summed E-state index contributed by atoms with van der Waals surface area (Å²) >= 11 is 0. The van der Waals surface area contributed by atoms with Gasteiger partial charge in [0.2, 0.25) is 5.91 Å². The molecule has 0 saturated carbocycles. The predicted octanol–water partition coefficient (Wildman–Crippen LogP) is -10.8. The summed E-state index contributed by atoms with van der Waals surface area (Å²) in [4.78, 5) is 24.6. The second kappa shape index (κ2) is 20.0. The highest BCUT2D eigenvalue weighted by Crippen LogP contribution is 2.38. The molecule has 20 atom stereocenters. The van der Waals surface area contributed by atoms with Crippen LogP contribution in [0.15, 0.2) is 0 Å². The lowest BCUT2D eigenvalue weighted by atomic mass is 9.88. The number of rotatable bonds is 18. The number of aliphatic hydroxyl groups excluding tert-OH is 15. The van der Waals surface area contributed by atoms with Crippen molar-refractivity contribution in [2.24, 2.45) is 0 Å². The van der Waals surface area contributed by atoms with Crippen LogP contribution < -0.4 is 5.32 Å². The number of hydrogen-bond acceptors (Lipinski definition) is 23. The molecule has 25 heteroatoms. The highest BCUT2D eigenvalue weighted by molar-refractivity contribution is 5.76. The second-order valence-corrected chi connectivity index (χ2v) is 13.1. The third-order valence-corrected chi connectivity index (χ3v) is 9.22. The van der Waals surface area contributed by atoms with Crippen LogP contribution in [0.3, 0.4) is 0 Å². The van der Waals surface area contributed by atoms with Gasteiger partial charge in [0, 0.05) is 13.3 Å². The molecular weight excluding hydrogens is 746 g/mol. The highest BCUT2D eigenvalue weighted by atomic mass is 16.8. The average molecular weight is 798 g/mol. The van der Waals surface area contributed by atoms with Crippen molar-refractivity contribution in [2.45, 2.75) is 135 Å². The van der Waals surface area contributed by atoms with Gasteiger partial charge in [-0.1, -0.05) is 0 Å². The first-order chi connectivity index (χ1) is 25.3. The van der Waals surface area contributed by atoms with E-state index in [1.807, 2.05) is 0 Å². The quantitative estimate of drug-likeness (QED) is 0.0612. The smallest absolute Gasteiger partial charge is 0.364 e. The molecule has 3 aliphatic rings. The van der Waals surface area contributed by atoms with Gasteiger partial charge in [-0.2, -0.15) is 0 Å². The molecule has 3 fully saturated rings. The molecular formula is C29H51NO24. The van der Waals surface area contributed by atoms with Crippen molar-refractivity contribution >= 4 is 11.9 Å². The Bertz CT molecular complexity index is 1190. The maximum atomic E-state index is 12.7. The maximum absolute atomic E-state index is 12.7. The van der Waals surface area contributed by atoms with Crippen molar-refractivity contribution in [3.63, 3.8) is 0 Å². The first-order valence-corrected chi connectivity index (χ1v) is 16.7. The molecule has 0 radical (unpaired) electrons. The van der Waals surface area contributed by atoms with Crippen LogP contribution >= 0.6 is 0 Å². The molecule has 3 saturated heterocycles. The Morgan fingerprint density at radius 3 is 1.85 bits per heavy atom. The van der Waals surface area contributed by atoms with Crippen molar-refractivity contribution < 1.29 is 120 Å². The van der Waals surface area contributed by atoms with Crippen LogP contribution in [-0.4, -0.2) is 249 Å². The molecule has 0 bridgehead atoms. The third kappa shape index (κ3) is 10.1. The molecule has 3 aliphatic heterocycles. The number of aliphatic carboxylic acids is 1. The van der Waals surface area contributed by atoms with Gasteiger partial charge >= 0.3 is 5.97 Å². The van der Waals surface area contributed by atoms with Gasteiger partial charge in [0.25, 0.3) is 5.79 Å². The van der Waals surface area contributed by atoms with Crippen molar-refractivity contribution in [2.75, 3.05) is 33.0 Å². The van der Waals surface area contributed by atoms with Crippen molar-refractivity contribution in [1.82, 2.24) is 5.32 Å². The first kappa shape index (κ1) is 46.5. The van der Waals surface area contributed by atoms with E-state index >= 15 is 0 Å². The van der Waals surface area contributed by atoms with Gasteiger partial charge in [-0.05, 0) is 0 Å². The number of carboxylic acid groups (broad SMARTS) is 1. The lowest BCUT2D eigenvalue weighted by Gasteiger charge is -2.50. The summed E-state index contributed by atoms with van der Waals surface area (Å²) < 4.78 is 32.9. The van der Waals surface area contributed by atoms with Crippen LogP contribution in [0, 0.1) is 0 Å². The summed E-state index contributed by atoms with van der Waals surface area (Å²) in [5.74, 6) is -5.94. The number of carbonyl (C=O) groups is 2. The molecule has 54 heavy (non-hydrogen) atoms. The summed E-state index contributed by atoms with van der Waals surface area (Å²) in [6, 6.07) is -1.60. The number of carbonyl (C=O) groups excluding carboxylic acids is 1. The number of aliphatic hydroxyl groups is 15. The zero-order chi connectivity index (χ0) is 40.8. The Kier molecular flexibility index (Phi) is 17.2.